The Bertz CT molecular complexity index is 2110. The molecule has 0 N–H and O–H groups in total. The normalized spacial score (nSPS) is 13.1. The van der Waals surface area contributed by atoms with E-state index in [-0.39, 0.29) is 20.1 Å². The van der Waals surface area contributed by atoms with E-state index in [0.29, 0.717) is 0 Å². The molecule has 0 atom stereocenters. The van der Waals surface area contributed by atoms with Crippen molar-refractivity contribution in [2.24, 2.45) is 0 Å². The summed E-state index contributed by atoms with van der Waals surface area (Å²) < 4.78 is 0. The van der Waals surface area contributed by atoms with E-state index in [0.717, 1.165) is 44.9 Å². The van der Waals surface area contributed by atoms with Gasteiger partial charge in [0.25, 0.3) is 0 Å². The van der Waals surface area contributed by atoms with E-state index in [2.05, 4.69) is 144 Å². The summed E-state index contributed by atoms with van der Waals surface area (Å²) in [4.78, 5) is 12.1. The first-order valence-electron chi connectivity index (χ1n) is 13.9. The van der Waals surface area contributed by atoms with Gasteiger partial charge in [-0.3, -0.25) is 4.98 Å². The third-order valence-electron chi connectivity index (χ3n) is 8.69. The van der Waals surface area contributed by atoms with Crippen LogP contribution in [0.15, 0.2) is 115 Å². The quantitative estimate of drug-likeness (QED) is 0.158. The summed E-state index contributed by atoms with van der Waals surface area (Å²) in [7, 11) is 4.33. The average molecular weight is 718 g/mol. The number of para-hydroxylation sites is 1. The fourth-order valence-corrected chi connectivity index (χ4v) is 6.57. The Morgan fingerprint density at radius 3 is 1.67 bits per heavy atom. The fraction of sp³-hybridized carbons (Fsp3) is 0.0541. The van der Waals surface area contributed by atoms with Gasteiger partial charge in [0, 0.05) is 39.9 Å². The van der Waals surface area contributed by atoms with Crippen LogP contribution in [0.25, 0.3) is 43.7 Å². The molecular weight excluding hydrogens is 693 g/mol. The first kappa shape index (κ1) is 25.0. The molecule has 0 bridgehead atoms. The number of hydrogen-bond acceptors (Lipinski definition) is 4. The summed E-state index contributed by atoms with van der Waals surface area (Å²) >= 11 is 0. The van der Waals surface area contributed by atoms with E-state index in [1.165, 1.54) is 38.6 Å². The molecule has 0 unspecified atom stereocenters. The molecule has 0 amide bonds. The van der Waals surface area contributed by atoms with E-state index in [4.69, 9.17) is 4.98 Å². The smallest absolute Gasteiger partial charge is 0.0639 e. The van der Waals surface area contributed by atoms with Crippen LogP contribution in [-0.2, 0) is 20.1 Å². The van der Waals surface area contributed by atoms with Crippen LogP contribution >= 0.6 is 0 Å². The van der Waals surface area contributed by atoms with Crippen LogP contribution < -0.4 is 14.7 Å². The zero-order chi connectivity index (χ0) is 27.2. The van der Waals surface area contributed by atoms with E-state index < -0.39 is 0 Å². The molecule has 9 rings (SSSR count). The second-order valence-electron chi connectivity index (χ2n) is 11.0. The van der Waals surface area contributed by atoms with Crippen molar-refractivity contribution in [2.45, 2.75) is 0 Å². The molecule has 1 aromatic heterocycles. The maximum atomic E-state index is 5.05. The molecule has 0 saturated heterocycles. The average Bonchev–Trinajstić information content (AvgIpc) is 3.02. The topological polar surface area (TPSA) is 22.6 Å². The molecule has 2 aliphatic rings. The standard InChI is InChI=1S/C37H25N4.Ir/c1-39-31-17-24-10-3-5-12-26(24)19-33(31)41-34-20-27-13-6-4-11-25(27)18-32(34)40(2)36-22-28(21-35(39)37(36)41)30-16-15-23-9-7-8-14-29(23)38-30;/h3-21H,1-2H3;/q-1;. The predicted octanol–water partition coefficient (Wildman–Crippen LogP) is 9.64. The van der Waals surface area contributed by atoms with Crippen LogP contribution in [0.5, 0.6) is 0 Å². The zero-order valence-corrected chi connectivity index (χ0v) is 25.5. The number of pyridine rings is 1. The first-order valence-corrected chi connectivity index (χ1v) is 13.9. The Morgan fingerprint density at radius 2 is 1.05 bits per heavy atom. The van der Waals surface area contributed by atoms with E-state index in [1.807, 2.05) is 6.07 Å². The predicted molar refractivity (Wildman–Crippen MR) is 172 cm³/mol. The Kier molecular flexibility index (Phi) is 5.46. The number of benzene rings is 6. The molecule has 203 valence electrons. The van der Waals surface area contributed by atoms with Crippen LogP contribution in [0.3, 0.4) is 0 Å². The second kappa shape index (κ2) is 9.15. The third-order valence-corrected chi connectivity index (χ3v) is 8.69. The van der Waals surface area contributed by atoms with E-state index in [9.17, 15) is 0 Å². The van der Waals surface area contributed by atoms with Crippen LogP contribution in [-0.4, -0.2) is 19.1 Å². The second-order valence-corrected chi connectivity index (χ2v) is 11.0. The van der Waals surface area contributed by atoms with Gasteiger partial charge in [0.05, 0.1) is 28.3 Å². The molecule has 7 aromatic rings. The molecule has 0 spiro atoms. The number of aromatic nitrogens is 1. The van der Waals surface area contributed by atoms with Crippen molar-refractivity contribution >= 4 is 72.3 Å². The molecule has 0 saturated carbocycles. The van der Waals surface area contributed by atoms with Crippen molar-refractivity contribution in [3.05, 3.63) is 121 Å². The summed E-state index contributed by atoms with van der Waals surface area (Å²) in [6.45, 7) is 0. The summed E-state index contributed by atoms with van der Waals surface area (Å²) in [5, 5.41) is 6.05. The Labute approximate surface area is 257 Å². The monoisotopic (exact) mass is 718 g/mol. The van der Waals surface area contributed by atoms with Gasteiger partial charge in [-0.15, -0.1) is 17.7 Å². The third kappa shape index (κ3) is 3.48. The molecule has 4 nitrogen and oxygen atoms in total. The largest absolute Gasteiger partial charge is 0.358 e. The maximum Gasteiger partial charge on any atom is 0.0639 e. The van der Waals surface area contributed by atoms with Gasteiger partial charge in [-0.1, -0.05) is 78.9 Å². The summed E-state index contributed by atoms with van der Waals surface area (Å²) in [6, 6.07) is 45.1. The van der Waals surface area contributed by atoms with Crippen LogP contribution in [0.4, 0.5) is 39.8 Å². The molecule has 1 radical (unpaired) electrons. The molecule has 0 aliphatic carbocycles. The van der Waals surface area contributed by atoms with Gasteiger partial charge in [0.1, 0.15) is 0 Å². The maximum absolute atomic E-state index is 5.05. The van der Waals surface area contributed by atoms with Crippen LogP contribution in [0.1, 0.15) is 0 Å². The Balaban J connectivity index is 0.00000267. The van der Waals surface area contributed by atoms with E-state index in [1.54, 1.807) is 0 Å². The number of nitrogens with zero attached hydrogens (tertiary/aromatic N) is 4. The number of fused-ring (bicyclic) bond motifs is 7. The zero-order valence-electron chi connectivity index (χ0n) is 23.1. The SMILES string of the molecule is CN1c2[c-]c(-c3ccc4ccccc4n3)cc3c2N(c2cc4ccccc4cc21)c1cc2ccccc2cc1N3C.[Ir]. The summed E-state index contributed by atoms with van der Waals surface area (Å²) in [5.41, 5.74) is 10.9. The molecule has 3 heterocycles. The minimum absolute atomic E-state index is 0. The molecule has 0 fully saturated rings. The number of anilines is 7. The van der Waals surface area contributed by atoms with Crippen molar-refractivity contribution in [3.63, 3.8) is 0 Å². The Hall–Kier alpha value is -4.70. The number of hydrogen-bond donors (Lipinski definition) is 0. The minimum Gasteiger partial charge on any atom is -0.358 e. The van der Waals surface area contributed by atoms with Crippen LogP contribution in [0.2, 0.25) is 0 Å². The fourth-order valence-electron chi connectivity index (χ4n) is 6.57. The van der Waals surface area contributed by atoms with E-state index >= 15 is 0 Å². The van der Waals surface area contributed by atoms with Crippen molar-refractivity contribution in [1.82, 2.24) is 4.98 Å². The van der Waals surface area contributed by atoms with Crippen molar-refractivity contribution in [1.29, 1.82) is 0 Å². The minimum atomic E-state index is 0. The molecule has 42 heavy (non-hydrogen) atoms. The van der Waals surface area contributed by atoms with Gasteiger partial charge in [-0.05, 0) is 74.3 Å². The van der Waals surface area contributed by atoms with Gasteiger partial charge >= 0.3 is 0 Å². The Morgan fingerprint density at radius 1 is 0.524 bits per heavy atom. The summed E-state index contributed by atoms with van der Waals surface area (Å²) in [5.74, 6) is 0. The molecular formula is C37H25IrN4-. The molecule has 2 aliphatic heterocycles. The molecule has 5 heteroatoms. The number of rotatable bonds is 1. The van der Waals surface area contributed by atoms with Gasteiger partial charge in [-0.25, -0.2) is 0 Å². The van der Waals surface area contributed by atoms with Crippen molar-refractivity contribution in [3.8, 4) is 11.3 Å². The first-order chi connectivity index (χ1) is 20.1. The van der Waals surface area contributed by atoms with Crippen molar-refractivity contribution in [2.75, 3.05) is 28.8 Å². The van der Waals surface area contributed by atoms with Gasteiger partial charge in [0.15, 0.2) is 0 Å². The van der Waals surface area contributed by atoms with Crippen LogP contribution in [0, 0.1) is 6.07 Å². The van der Waals surface area contributed by atoms with Gasteiger partial charge in [-0.2, -0.15) is 0 Å². The van der Waals surface area contributed by atoms with Crippen molar-refractivity contribution < 1.29 is 20.1 Å². The van der Waals surface area contributed by atoms with Gasteiger partial charge < -0.3 is 14.7 Å². The van der Waals surface area contributed by atoms with Gasteiger partial charge in [0.2, 0.25) is 0 Å². The summed E-state index contributed by atoms with van der Waals surface area (Å²) in [6.07, 6.45) is 0. The molecule has 6 aromatic carbocycles.